The lowest BCUT2D eigenvalue weighted by atomic mass is 10.0. The number of benzene rings is 1. The Morgan fingerprint density at radius 1 is 1.38 bits per heavy atom. The molecule has 0 aliphatic carbocycles. The van der Waals surface area contributed by atoms with Crippen molar-refractivity contribution in [1.82, 2.24) is 19.9 Å². The quantitative estimate of drug-likeness (QED) is 0.631. The number of nitrogens with zero attached hydrogens (tertiary/aromatic N) is 5. The molecule has 0 N–H and O–H groups in total. The van der Waals surface area contributed by atoms with Crippen LogP contribution in [0.3, 0.4) is 0 Å². The van der Waals surface area contributed by atoms with Gasteiger partial charge in [0.15, 0.2) is 0 Å². The summed E-state index contributed by atoms with van der Waals surface area (Å²) in [4.78, 5) is 24.9. The van der Waals surface area contributed by atoms with E-state index in [-0.39, 0.29) is 24.1 Å². The van der Waals surface area contributed by atoms with Gasteiger partial charge in [-0.1, -0.05) is 17.3 Å². The molecule has 0 radical (unpaired) electrons. The van der Waals surface area contributed by atoms with Gasteiger partial charge >= 0.3 is 0 Å². The number of nitro groups is 1. The van der Waals surface area contributed by atoms with Crippen LogP contribution in [-0.4, -0.2) is 43.8 Å². The Kier molecular flexibility index (Phi) is 4.54. The number of hydrogen-bond donors (Lipinski definition) is 0. The van der Waals surface area contributed by atoms with Crippen molar-refractivity contribution >= 4 is 11.6 Å². The third-order valence-electron chi connectivity index (χ3n) is 4.59. The molecule has 1 aliphatic rings. The number of hydrogen-bond acceptors (Lipinski definition) is 5. The van der Waals surface area contributed by atoms with Crippen LogP contribution in [0.2, 0.25) is 0 Å². The molecule has 1 aromatic heterocycles. The molecule has 1 saturated heterocycles. The van der Waals surface area contributed by atoms with Crippen LogP contribution in [0.15, 0.2) is 30.6 Å². The van der Waals surface area contributed by atoms with Gasteiger partial charge in [0.05, 0.1) is 23.6 Å². The molecular formula is C16H19N5O3. The van der Waals surface area contributed by atoms with Crippen LogP contribution in [0.1, 0.15) is 30.0 Å². The number of amides is 1. The summed E-state index contributed by atoms with van der Waals surface area (Å²) < 4.78 is 1.84. The smallest absolute Gasteiger partial charge is 0.272 e. The van der Waals surface area contributed by atoms with Crippen LogP contribution in [-0.2, 0) is 11.2 Å². The summed E-state index contributed by atoms with van der Waals surface area (Å²) in [7, 11) is 0. The largest absolute Gasteiger partial charge is 0.342 e. The zero-order valence-corrected chi connectivity index (χ0v) is 13.5. The molecule has 3 rings (SSSR count). The SMILES string of the molecule is Cc1c(CC(=O)N2CCC(n3ccnn3)CC2)cccc1[N+](=O)[O-]. The van der Waals surface area contributed by atoms with Gasteiger partial charge < -0.3 is 4.90 Å². The van der Waals surface area contributed by atoms with Crippen LogP contribution in [0.5, 0.6) is 0 Å². The average Bonchev–Trinajstić information content (AvgIpc) is 3.11. The molecule has 0 unspecified atom stereocenters. The molecule has 1 fully saturated rings. The lowest BCUT2D eigenvalue weighted by Gasteiger charge is -2.32. The Bertz CT molecular complexity index is 736. The van der Waals surface area contributed by atoms with Gasteiger partial charge in [0.25, 0.3) is 5.69 Å². The van der Waals surface area contributed by atoms with Crippen molar-refractivity contribution in [3.05, 3.63) is 51.8 Å². The molecule has 24 heavy (non-hydrogen) atoms. The topological polar surface area (TPSA) is 94.2 Å². The zero-order valence-electron chi connectivity index (χ0n) is 13.5. The van der Waals surface area contributed by atoms with Crippen molar-refractivity contribution in [2.75, 3.05) is 13.1 Å². The van der Waals surface area contributed by atoms with Crippen molar-refractivity contribution in [2.24, 2.45) is 0 Å². The maximum absolute atomic E-state index is 12.5. The Hall–Kier alpha value is -2.77. The maximum Gasteiger partial charge on any atom is 0.272 e. The fourth-order valence-electron chi connectivity index (χ4n) is 3.13. The van der Waals surface area contributed by atoms with Gasteiger partial charge in [-0.05, 0) is 25.3 Å². The van der Waals surface area contributed by atoms with Crippen molar-refractivity contribution < 1.29 is 9.72 Å². The van der Waals surface area contributed by atoms with Crippen molar-refractivity contribution in [1.29, 1.82) is 0 Å². The number of rotatable bonds is 4. The minimum atomic E-state index is -0.410. The number of carbonyl (C=O) groups is 1. The van der Waals surface area contributed by atoms with E-state index in [4.69, 9.17) is 0 Å². The molecule has 8 nitrogen and oxygen atoms in total. The first-order chi connectivity index (χ1) is 11.6. The first-order valence-corrected chi connectivity index (χ1v) is 7.92. The maximum atomic E-state index is 12.5. The van der Waals surface area contributed by atoms with Crippen LogP contribution in [0, 0.1) is 17.0 Å². The van der Waals surface area contributed by atoms with Crippen LogP contribution in [0.25, 0.3) is 0 Å². The first kappa shape index (κ1) is 16.1. The molecule has 2 heterocycles. The van der Waals surface area contributed by atoms with Gasteiger partial charge in [0, 0.05) is 30.9 Å². The first-order valence-electron chi connectivity index (χ1n) is 7.92. The van der Waals surface area contributed by atoms with E-state index in [9.17, 15) is 14.9 Å². The van der Waals surface area contributed by atoms with Crippen LogP contribution in [0.4, 0.5) is 5.69 Å². The monoisotopic (exact) mass is 329 g/mol. The zero-order chi connectivity index (χ0) is 17.1. The van der Waals surface area contributed by atoms with E-state index in [1.807, 2.05) is 15.8 Å². The fraction of sp³-hybridized carbons (Fsp3) is 0.438. The molecular weight excluding hydrogens is 310 g/mol. The van der Waals surface area contributed by atoms with Gasteiger partial charge in [0.1, 0.15) is 0 Å². The van der Waals surface area contributed by atoms with E-state index < -0.39 is 4.92 Å². The summed E-state index contributed by atoms with van der Waals surface area (Å²) in [5.41, 5.74) is 1.34. The normalized spacial score (nSPS) is 15.5. The van der Waals surface area contributed by atoms with E-state index in [1.54, 1.807) is 25.3 Å². The second-order valence-electron chi connectivity index (χ2n) is 5.99. The van der Waals surface area contributed by atoms with Gasteiger partial charge in [-0.2, -0.15) is 0 Å². The molecule has 0 bridgehead atoms. The predicted octanol–water partition coefficient (Wildman–Crippen LogP) is 1.90. The van der Waals surface area contributed by atoms with E-state index in [2.05, 4.69) is 10.3 Å². The molecule has 126 valence electrons. The minimum absolute atomic E-state index is 0.00985. The minimum Gasteiger partial charge on any atom is -0.342 e. The molecule has 1 aromatic carbocycles. The molecule has 1 aliphatic heterocycles. The highest BCUT2D eigenvalue weighted by molar-refractivity contribution is 5.79. The number of carbonyl (C=O) groups excluding carboxylic acids is 1. The van der Waals surface area contributed by atoms with Crippen LogP contribution >= 0.6 is 0 Å². The van der Waals surface area contributed by atoms with Crippen molar-refractivity contribution in [3.63, 3.8) is 0 Å². The lowest BCUT2D eigenvalue weighted by molar-refractivity contribution is -0.385. The molecule has 8 heteroatoms. The Morgan fingerprint density at radius 2 is 2.12 bits per heavy atom. The van der Waals surface area contributed by atoms with Gasteiger partial charge in [-0.25, -0.2) is 4.68 Å². The highest BCUT2D eigenvalue weighted by Crippen LogP contribution is 2.24. The third-order valence-corrected chi connectivity index (χ3v) is 4.59. The summed E-state index contributed by atoms with van der Waals surface area (Å²) >= 11 is 0. The van der Waals surface area contributed by atoms with Crippen molar-refractivity contribution in [3.8, 4) is 0 Å². The number of nitro benzene ring substituents is 1. The third kappa shape index (κ3) is 3.27. The highest BCUT2D eigenvalue weighted by Gasteiger charge is 2.25. The summed E-state index contributed by atoms with van der Waals surface area (Å²) in [6.07, 6.45) is 5.37. The summed E-state index contributed by atoms with van der Waals surface area (Å²) in [6, 6.07) is 5.15. The second kappa shape index (κ2) is 6.77. The Labute approximate surface area is 139 Å². The summed E-state index contributed by atoms with van der Waals surface area (Å²) in [6.45, 7) is 3.02. The van der Waals surface area contributed by atoms with E-state index in [0.29, 0.717) is 24.2 Å². The standard InChI is InChI=1S/C16H19N5O3/c1-12-13(3-2-4-15(12)21(23)24)11-16(22)19-8-5-14(6-9-19)20-10-7-17-18-20/h2-4,7,10,14H,5-6,8-9,11H2,1H3. The van der Waals surface area contributed by atoms with Gasteiger partial charge in [-0.3, -0.25) is 14.9 Å². The van der Waals surface area contributed by atoms with Gasteiger partial charge in [-0.15, -0.1) is 5.10 Å². The summed E-state index contributed by atoms with van der Waals surface area (Å²) in [5, 5.41) is 18.8. The molecule has 0 atom stereocenters. The predicted molar refractivity (Wildman–Crippen MR) is 86.4 cm³/mol. The van der Waals surface area contributed by atoms with E-state index in [0.717, 1.165) is 12.8 Å². The lowest BCUT2D eigenvalue weighted by Crippen LogP contribution is -2.40. The second-order valence-corrected chi connectivity index (χ2v) is 5.99. The number of aromatic nitrogens is 3. The average molecular weight is 329 g/mol. The van der Waals surface area contributed by atoms with E-state index >= 15 is 0 Å². The van der Waals surface area contributed by atoms with E-state index in [1.165, 1.54) is 6.07 Å². The molecule has 1 amide bonds. The number of piperidine rings is 1. The highest BCUT2D eigenvalue weighted by atomic mass is 16.6. The Morgan fingerprint density at radius 3 is 2.75 bits per heavy atom. The molecule has 0 saturated carbocycles. The molecule has 0 spiro atoms. The van der Waals surface area contributed by atoms with Crippen LogP contribution < -0.4 is 0 Å². The number of likely N-dealkylation sites (tertiary alicyclic amines) is 1. The molecule has 2 aromatic rings. The summed E-state index contributed by atoms with van der Waals surface area (Å²) in [5.74, 6) is 0.00985. The fourth-order valence-corrected chi connectivity index (χ4v) is 3.13. The van der Waals surface area contributed by atoms with Crippen molar-refractivity contribution in [2.45, 2.75) is 32.2 Å². The Balaban J connectivity index is 1.62. The van der Waals surface area contributed by atoms with Gasteiger partial charge in [0.2, 0.25) is 5.91 Å².